The van der Waals surface area contributed by atoms with Gasteiger partial charge in [0.15, 0.2) is 0 Å². The van der Waals surface area contributed by atoms with Gasteiger partial charge in [0, 0.05) is 42.6 Å². The van der Waals surface area contributed by atoms with E-state index in [1.807, 2.05) is 27.7 Å². The zero-order chi connectivity index (χ0) is 22.8. The van der Waals surface area contributed by atoms with Crippen LogP contribution in [0.15, 0.2) is 18.2 Å². The first-order chi connectivity index (χ1) is 14.7. The van der Waals surface area contributed by atoms with E-state index in [0.717, 1.165) is 29.2 Å². The second-order valence-electron chi connectivity index (χ2n) is 8.41. The standard InChI is InChI=1S/C23H28N4O4/c1-5-23(3,4)31-22(30)26-10-8-25(9-11-26)21(29)14-27-18(13-24)12-19-16(2)17(15-28)6-7-20(19)27/h6-7,12,15H,5,8-11,14H2,1-4H3. The molecule has 0 atom stereocenters. The Balaban J connectivity index is 1.70. The van der Waals surface area contributed by atoms with E-state index >= 15 is 0 Å². The summed E-state index contributed by atoms with van der Waals surface area (Å²) >= 11 is 0. The molecule has 3 rings (SSSR count). The second kappa shape index (κ2) is 8.80. The number of fused-ring (bicyclic) bond motifs is 1. The maximum atomic E-state index is 12.9. The molecule has 1 aromatic heterocycles. The average Bonchev–Trinajstić information content (AvgIpc) is 3.12. The molecular formula is C23H28N4O4. The number of amides is 2. The Kier molecular flexibility index (Phi) is 6.34. The first-order valence-electron chi connectivity index (χ1n) is 10.4. The number of aryl methyl sites for hydroxylation is 1. The number of hydrogen-bond acceptors (Lipinski definition) is 5. The van der Waals surface area contributed by atoms with Crippen LogP contribution in [0.4, 0.5) is 4.79 Å². The molecule has 8 nitrogen and oxygen atoms in total. The summed E-state index contributed by atoms with van der Waals surface area (Å²) in [6.45, 7) is 9.21. The van der Waals surface area contributed by atoms with Gasteiger partial charge in [-0.25, -0.2) is 4.79 Å². The first-order valence-corrected chi connectivity index (χ1v) is 10.4. The molecule has 0 bridgehead atoms. The minimum absolute atomic E-state index is 0.0274. The molecule has 164 valence electrons. The monoisotopic (exact) mass is 424 g/mol. The van der Waals surface area contributed by atoms with Crippen molar-refractivity contribution in [3.05, 3.63) is 35.0 Å². The molecule has 8 heteroatoms. The minimum Gasteiger partial charge on any atom is -0.443 e. The number of aromatic nitrogens is 1. The van der Waals surface area contributed by atoms with Gasteiger partial charge in [-0.3, -0.25) is 9.59 Å². The first kappa shape index (κ1) is 22.3. The summed E-state index contributed by atoms with van der Waals surface area (Å²) in [5.74, 6) is -0.118. The van der Waals surface area contributed by atoms with Gasteiger partial charge in [-0.05, 0) is 51.0 Å². The van der Waals surface area contributed by atoms with Gasteiger partial charge in [0.2, 0.25) is 5.91 Å². The molecule has 2 amide bonds. The summed E-state index contributed by atoms with van der Waals surface area (Å²) in [5, 5.41) is 10.3. The van der Waals surface area contributed by atoms with Gasteiger partial charge in [0.05, 0.1) is 0 Å². The predicted octanol–water partition coefficient (Wildman–Crippen LogP) is 3.10. The molecule has 0 radical (unpaired) electrons. The zero-order valence-corrected chi connectivity index (χ0v) is 18.5. The zero-order valence-electron chi connectivity index (χ0n) is 18.5. The van der Waals surface area contributed by atoms with E-state index in [9.17, 15) is 19.6 Å². The summed E-state index contributed by atoms with van der Waals surface area (Å²) in [6.07, 6.45) is 1.15. The third kappa shape index (κ3) is 4.55. The van der Waals surface area contributed by atoms with Crippen molar-refractivity contribution in [1.82, 2.24) is 14.4 Å². The fraction of sp³-hybridized carbons (Fsp3) is 0.478. The molecule has 0 aliphatic carbocycles. The van der Waals surface area contributed by atoms with Crippen molar-refractivity contribution >= 4 is 29.2 Å². The van der Waals surface area contributed by atoms with Crippen molar-refractivity contribution < 1.29 is 19.1 Å². The van der Waals surface area contributed by atoms with Crippen LogP contribution in [0, 0.1) is 18.3 Å². The summed E-state index contributed by atoms with van der Waals surface area (Å²) < 4.78 is 7.22. The molecule has 0 N–H and O–H groups in total. The number of rotatable bonds is 5. The molecule has 2 heterocycles. The van der Waals surface area contributed by atoms with Gasteiger partial charge in [-0.15, -0.1) is 0 Å². The van der Waals surface area contributed by atoms with Crippen molar-refractivity contribution in [3.63, 3.8) is 0 Å². The molecule has 1 aromatic carbocycles. The second-order valence-corrected chi connectivity index (χ2v) is 8.41. The van der Waals surface area contributed by atoms with Gasteiger partial charge in [0.1, 0.15) is 30.2 Å². The number of piperazine rings is 1. The van der Waals surface area contributed by atoms with E-state index in [-0.39, 0.29) is 18.5 Å². The Morgan fingerprint density at radius 3 is 2.42 bits per heavy atom. The smallest absolute Gasteiger partial charge is 0.410 e. The molecule has 1 aliphatic rings. The number of hydrogen-bond donors (Lipinski definition) is 0. The SMILES string of the molecule is CCC(C)(C)OC(=O)N1CCN(C(=O)Cn2c(C#N)cc3c(C)c(C=O)ccc32)CC1. The van der Waals surface area contributed by atoms with Gasteiger partial charge < -0.3 is 19.1 Å². The van der Waals surface area contributed by atoms with Crippen molar-refractivity contribution in [2.75, 3.05) is 26.2 Å². The van der Waals surface area contributed by atoms with E-state index in [0.29, 0.717) is 37.4 Å². The average molecular weight is 425 g/mol. The van der Waals surface area contributed by atoms with Crippen LogP contribution in [0.2, 0.25) is 0 Å². The molecule has 1 fully saturated rings. The largest absolute Gasteiger partial charge is 0.443 e. The van der Waals surface area contributed by atoms with Crippen molar-refractivity contribution in [2.24, 2.45) is 0 Å². The van der Waals surface area contributed by atoms with Crippen LogP contribution in [-0.4, -0.2) is 64.4 Å². The Morgan fingerprint density at radius 2 is 1.84 bits per heavy atom. The number of aldehydes is 1. The highest BCUT2D eigenvalue weighted by Crippen LogP contribution is 2.25. The maximum Gasteiger partial charge on any atom is 0.410 e. The Morgan fingerprint density at radius 1 is 1.19 bits per heavy atom. The third-order valence-electron chi connectivity index (χ3n) is 6.04. The van der Waals surface area contributed by atoms with E-state index in [1.54, 1.807) is 32.6 Å². The fourth-order valence-electron chi connectivity index (χ4n) is 3.63. The van der Waals surface area contributed by atoms with Crippen LogP contribution in [0.3, 0.4) is 0 Å². The van der Waals surface area contributed by atoms with Gasteiger partial charge >= 0.3 is 6.09 Å². The predicted molar refractivity (Wildman–Crippen MR) is 116 cm³/mol. The van der Waals surface area contributed by atoms with Gasteiger partial charge in [-0.1, -0.05) is 6.92 Å². The van der Waals surface area contributed by atoms with Crippen molar-refractivity contribution in [1.29, 1.82) is 5.26 Å². The van der Waals surface area contributed by atoms with Gasteiger partial charge in [0.25, 0.3) is 0 Å². The van der Waals surface area contributed by atoms with Crippen LogP contribution in [0.5, 0.6) is 0 Å². The van der Waals surface area contributed by atoms with Crippen LogP contribution >= 0.6 is 0 Å². The molecular weight excluding hydrogens is 396 g/mol. The number of benzene rings is 1. The normalized spacial score (nSPS) is 14.4. The molecule has 0 unspecified atom stereocenters. The molecule has 1 aliphatic heterocycles. The van der Waals surface area contributed by atoms with Crippen LogP contribution in [0.25, 0.3) is 10.9 Å². The summed E-state index contributed by atoms with van der Waals surface area (Å²) in [7, 11) is 0. The highest BCUT2D eigenvalue weighted by Gasteiger charge is 2.29. The van der Waals surface area contributed by atoms with E-state index < -0.39 is 5.60 Å². The van der Waals surface area contributed by atoms with E-state index in [2.05, 4.69) is 6.07 Å². The number of carbonyl (C=O) groups is 3. The lowest BCUT2D eigenvalue weighted by molar-refractivity contribution is -0.133. The van der Waals surface area contributed by atoms with E-state index in [1.165, 1.54) is 0 Å². The third-order valence-corrected chi connectivity index (χ3v) is 6.04. The van der Waals surface area contributed by atoms with Crippen molar-refractivity contribution in [3.8, 4) is 6.07 Å². The summed E-state index contributed by atoms with van der Waals surface area (Å²) in [6, 6.07) is 7.33. The number of nitrogens with zero attached hydrogens (tertiary/aromatic N) is 4. The quantitative estimate of drug-likeness (QED) is 0.687. The molecule has 2 aromatic rings. The molecule has 0 saturated carbocycles. The highest BCUT2D eigenvalue weighted by molar-refractivity contribution is 5.93. The number of ether oxygens (including phenoxy) is 1. The Bertz CT molecular complexity index is 1060. The van der Waals surface area contributed by atoms with Crippen LogP contribution < -0.4 is 0 Å². The summed E-state index contributed by atoms with van der Waals surface area (Å²) in [4.78, 5) is 39.8. The Hall–Kier alpha value is -3.34. The maximum absolute atomic E-state index is 12.9. The number of nitriles is 1. The van der Waals surface area contributed by atoms with Crippen LogP contribution in [0.1, 0.15) is 48.8 Å². The lowest BCUT2D eigenvalue weighted by atomic mass is 10.1. The lowest BCUT2D eigenvalue weighted by Gasteiger charge is -2.36. The molecule has 31 heavy (non-hydrogen) atoms. The minimum atomic E-state index is -0.519. The van der Waals surface area contributed by atoms with Gasteiger partial charge in [-0.2, -0.15) is 5.26 Å². The summed E-state index contributed by atoms with van der Waals surface area (Å²) in [5.41, 5.74) is 1.96. The van der Waals surface area contributed by atoms with Crippen molar-refractivity contribution in [2.45, 2.75) is 46.3 Å². The van der Waals surface area contributed by atoms with E-state index in [4.69, 9.17) is 4.74 Å². The fourth-order valence-corrected chi connectivity index (χ4v) is 3.63. The molecule has 0 spiro atoms. The lowest BCUT2D eigenvalue weighted by Crippen LogP contribution is -2.52. The number of carbonyl (C=O) groups excluding carboxylic acids is 3. The topological polar surface area (TPSA) is 95.6 Å². The highest BCUT2D eigenvalue weighted by atomic mass is 16.6. The van der Waals surface area contributed by atoms with Crippen LogP contribution in [-0.2, 0) is 16.1 Å². The molecule has 1 saturated heterocycles. The Labute approximate surface area is 182 Å².